The van der Waals surface area contributed by atoms with Crippen LogP contribution in [0, 0.1) is 0 Å². The molecule has 0 radical (unpaired) electrons. The summed E-state index contributed by atoms with van der Waals surface area (Å²) in [5.74, 6) is 0.974. The van der Waals surface area contributed by atoms with Crippen molar-refractivity contribution in [2.24, 2.45) is 0 Å². The van der Waals surface area contributed by atoms with Crippen LogP contribution in [0.5, 0.6) is 0 Å². The molecule has 1 aromatic heterocycles. The third kappa shape index (κ3) is 1.52. The van der Waals surface area contributed by atoms with E-state index in [0.717, 1.165) is 5.56 Å². The monoisotopic (exact) mass is 187 g/mol. The van der Waals surface area contributed by atoms with Crippen LogP contribution in [0.3, 0.4) is 0 Å². The number of carbonyl (C=O) groups excluding carboxylic acids is 1. The van der Waals surface area contributed by atoms with Gasteiger partial charge in [0.1, 0.15) is 5.76 Å². The summed E-state index contributed by atoms with van der Waals surface area (Å²) >= 11 is 0. The quantitative estimate of drug-likeness (QED) is 0.580. The van der Waals surface area contributed by atoms with Crippen molar-refractivity contribution in [1.29, 1.82) is 0 Å². The number of nitrogens with two attached hydrogens (primary N) is 1. The van der Waals surface area contributed by atoms with Gasteiger partial charge in [0.25, 0.3) is 0 Å². The number of hydrogen-bond acceptors (Lipinski definition) is 3. The average molecular weight is 187 g/mol. The molecule has 2 N–H and O–H groups in total. The summed E-state index contributed by atoms with van der Waals surface area (Å²) in [7, 11) is 0. The Labute approximate surface area is 81.1 Å². The molecule has 0 bridgehead atoms. The Kier molecular flexibility index (Phi) is 2.07. The van der Waals surface area contributed by atoms with Crippen LogP contribution in [0.15, 0.2) is 40.8 Å². The van der Waals surface area contributed by atoms with E-state index < -0.39 is 0 Å². The van der Waals surface area contributed by atoms with Gasteiger partial charge in [-0.25, -0.2) is 0 Å². The molecule has 0 spiro atoms. The second-order valence-electron chi connectivity index (χ2n) is 2.95. The Morgan fingerprint density at radius 3 is 2.71 bits per heavy atom. The first kappa shape index (κ1) is 8.56. The average Bonchev–Trinajstić information content (AvgIpc) is 2.66. The van der Waals surface area contributed by atoms with Gasteiger partial charge in [0, 0.05) is 11.3 Å². The van der Waals surface area contributed by atoms with Gasteiger partial charge in [0.2, 0.25) is 0 Å². The lowest BCUT2D eigenvalue weighted by Crippen LogP contribution is -1.83. The highest BCUT2D eigenvalue weighted by atomic mass is 16.3. The lowest BCUT2D eigenvalue weighted by atomic mass is 10.1. The number of nitrogen functional groups attached to an aromatic ring is 1. The van der Waals surface area contributed by atoms with Crippen LogP contribution in [-0.4, -0.2) is 6.29 Å². The maximum absolute atomic E-state index is 10.4. The summed E-state index contributed by atoms with van der Waals surface area (Å²) in [6, 6.07) is 10.7. The molecule has 0 aliphatic heterocycles. The smallest absolute Gasteiger partial charge is 0.185 e. The first-order chi connectivity index (χ1) is 6.79. The second kappa shape index (κ2) is 3.38. The van der Waals surface area contributed by atoms with Gasteiger partial charge in [0.15, 0.2) is 12.0 Å². The van der Waals surface area contributed by atoms with Crippen LogP contribution in [0.4, 0.5) is 5.69 Å². The van der Waals surface area contributed by atoms with Crippen LogP contribution < -0.4 is 5.73 Å². The Morgan fingerprint density at radius 2 is 2.07 bits per heavy atom. The number of rotatable bonds is 2. The summed E-state index contributed by atoms with van der Waals surface area (Å²) in [5, 5.41) is 0. The third-order valence-electron chi connectivity index (χ3n) is 1.91. The first-order valence-corrected chi connectivity index (χ1v) is 4.20. The van der Waals surface area contributed by atoms with Crippen molar-refractivity contribution >= 4 is 12.0 Å². The highest BCUT2D eigenvalue weighted by Crippen LogP contribution is 2.22. The van der Waals surface area contributed by atoms with E-state index in [4.69, 9.17) is 10.2 Å². The van der Waals surface area contributed by atoms with E-state index in [-0.39, 0.29) is 0 Å². The molecule has 0 aliphatic carbocycles. The van der Waals surface area contributed by atoms with Gasteiger partial charge < -0.3 is 10.2 Å². The zero-order chi connectivity index (χ0) is 9.97. The van der Waals surface area contributed by atoms with Crippen molar-refractivity contribution < 1.29 is 9.21 Å². The zero-order valence-corrected chi connectivity index (χ0v) is 7.44. The van der Waals surface area contributed by atoms with Gasteiger partial charge in [-0.3, -0.25) is 4.79 Å². The van der Waals surface area contributed by atoms with Gasteiger partial charge in [-0.05, 0) is 24.3 Å². The maximum atomic E-state index is 10.4. The van der Waals surface area contributed by atoms with E-state index in [2.05, 4.69) is 0 Å². The van der Waals surface area contributed by atoms with E-state index in [1.807, 2.05) is 12.1 Å². The van der Waals surface area contributed by atoms with Gasteiger partial charge in [-0.15, -0.1) is 0 Å². The molecule has 3 heteroatoms. The number of anilines is 1. The Balaban J connectivity index is 2.43. The number of aldehydes is 1. The molecular formula is C11H9NO2. The molecule has 14 heavy (non-hydrogen) atoms. The lowest BCUT2D eigenvalue weighted by molar-refractivity contribution is 0.110. The molecule has 1 heterocycles. The highest BCUT2D eigenvalue weighted by molar-refractivity contribution is 5.73. The molecule has 0 amide bonds. The highest BCUT2D eigenvalue weighted by Gasteiger charge is 2.03. The molecule has 2 aromatic rings. The third-order valence-corrected chi connectivity index (χ3v) is 1.91. The van der Waals surface area contributed by atoms with Crippen molar-refractivity contribution in [3.63, 3.8) is 0 Å². The summed E-state index contributed by atoms with van der Waals surface area (Å²) in [6.45, 7) is 0. The normalized spacial score (nSPS) is 10.0. The van der Waals surface area contributed by atoms with Crippen LogP contribution >= 0.6 is 0 Å². The molecule has 70 valence electrons. The van der Waals surface area contributed by atoms with Crippen LogP contribution in [0.2, 0.25) is 0 Å². The van der Waals surface area contributed by atoms with Crippen LogP contribution in [0.1, 0.15) is 10.6 Å². The summed E-state index contributed by atoms with van der Waals surface area (Å²) in [6.07, 6.45) is 0.676. The largest absolute Gasteiger partial charge is 0.453 e. The minimum atomic E-state index is 0.322. The maximum Gasteiger partial charge on any atom is 0.185 e. The Morgan fingerprint density at radius 1 is 1.21 bits per heavy atom. The SMILES string of the molecule is Nc1cccc(-c2ccc(C=O)o2)c1. The van der Waals surface area contributed by atoms with Crippen molar-refractivity contribution in [1.82, 2.24) is 0 Å². The molecule has 0 fully saturated rings. The minimum Gasteiger partial charge on any atom is -0.453 e. The minimum absolute atomic E-state index is 0.322. The van der Waals surface area contributed by atoms with Gasteiger partial charge in [-0.1, -0.05) is 12.1 Å². The fourth-order valence-corrected chi connectivity index (χ4v) is 1.26. The molecule has 0 saturated heterocycles. The molecule has 0 saturated carbocycles. The molecule has 0 atom stereocenters. The number of hydrogen-bond donors (Lipinski definition) is 1. The van der Waals surface area contributed by atoms with Crippen molar-refractivity contribution in [3.05, 3.63) is 42.2 Å². The number of carbonyl (C=O) groups is 1. The predicted molar refractivity (Wildman–Crippen MR) is 53.9 cm³/mol. The van der Waals surface area contributed by atoms with E-state index in [0.29, 0.717) is 23.5 Å². The van der Waals surface area contributed by atoms with Gasteiger partial charge in [-0.2, -0.15) is 0 Å². The predicted octanol–water partition coefficient (Wildman–Crippen LogP) is 2.34. The van der Waals surface area contributed by atoms with Gasteiger partial charge in [0.05, 0.1) is 0 Å². The second-order valence-corrected chi connectivity index (χ2v) is 2.95. The molecular weight excluding hydrogens is 178 g/mol. The summed E-state index contributed by atoms with van der Waals surface area (Å²) in [5.41, 5.74) is 7.17. The molecule has 2 rings (SSSR count). The van der Waals surface area contributed by atoms with E-state index >= 15 is 0 Å². The molecule has 1 aromatic carbocycles. The fraction of sp³-hybridized carbons (Fsp3) is 0. The standard InChI is InChI=1S/C11H9NO2/c12-9-3-1-2-8(6-9)11-5-4-10(7-13)14-11/h1-7H,12H2. The van der Waals surface area contributed by atoms with E-state index in [1.165, 1.54) is 0 Å². The van der Waals surface area contributed by atoms with Crippen LogP contribution in [-0.2, 0) is 0 Å². The molecule has 3 nitrogen and oxygen atoms in total. The zero-order valence-electron chi connectivity index (χ0n) is 7.44. The Hall–Kier alpha value is -2.03. The lowest BCUT2D eigenvalue weighted by Gasteiger charge is -1.97. The fourth-order valence-electron chi connectivity index (χ4n) is 1.26. The van der Waals surface area contributed by atoms with E-state index in [1.54, 1.807) is 24.3 Å². The van der Waals surface area contributed by atoms with Crippen molar-refractivity contribution in [2.75, 3.05) is 5.73 Å². The van der Waals surface area contributed by atoms with Crippen molar-refractivity contribution in [2.45, 2.75) is 0 Å². The number of furan rings is 1. The van der Waals surface area contributed by atoms with E-state index in [9.17, 15) is 4.79 Å². The van der Waals surface area contributed by atoms with Crippen LogP contribution in [0.25, 0.3) is 11.3 Å². The molecule has 0 unspecified atom stereocenters. The number of benzene rings is 1. The van der Waals surface area contributed by atoms with Crippen molar-refractivity contribution in [3.8, 4) is 11.3 Å². The Bertz CT molecular complexity index is 460. The summed E-state index contributed by atoms with van der Waals surface area (Å²) < 4.78 is 5.25. The molecule has 0 aliphatic rings. The van der Waals surface area contributed by atoms with Gasteiger partial charge >= 0.3 is 0 Å². The first-order valence-electron chi connectivity index (χ1n) is 4.20. The summed E-state index contributed by atoms with van der Waals surface area (Å²) in [4.78, 5) is 10.4. The topological polar surface area (TPSA) is 56.2 Å².